The molecule has 0 saturated carbocycles. The van der Waals surface area contributed by atoms with Crippen molar-refractivity contribution in [3.8, 4) is 17.8 Å². The summed E-state index contributed by atoms with van der Waals surface area (Å²) < 4.78 is 42.9. The summed E-state index contributed by atoms with van der Waals surface area (Å²) in [4.78, 5) is 25.3. The summed E-state index contributed by atoms with van der Waals surface area (Å²) in [6.45, 7) is 0.00337. The lowest BCUT2D eigenvalue weighted by atomic mass is 10.1. The molecule has 5 N–H and O–H groups in total. The van der Waals surface area contributed by atoms with Crippen molar-refractivity contribution >= 4 is 28.5 Å². The third-order valence-electron chi connectivity index (χ3n) is 4.94. The van der Waals surface area contributed by atoms with Crippen LogP contribution in [0.5, 0.6) is 0 Å². The van der Waals surface area contributed by atoms with Gasteiger partial charge in [-0.2, -0.15) is 20.5 Å². The van der Waals surface area contributed by atoms with Gasteiger partial charge in [0.25, 0.3) is 5.56 Å². The Hall–Kier alpha value is -5.17. The molecule has 10 nitrogen and oxygen atoms in total. The summed E-state index contributed by atoms with van der Waals surface area (Å²) in [6, 6.07) is 7.92. The molecule has 174 valence electrons. The lowest BCUT2D eigenvalue weighted by Gasteiger charge is -2.15. The molecule has 0 amide bonds. The Morgan fingerprint density at radius 1 is 0.943 bits per heavy atom. The Morgan fingerprint density at radius 3 is 2.29 bits per heavy atom. The summed E-state index contributed by atoms with van der Waals surface area (Å²) in [5.41, 5.74) is 9.92. The molecule has 0 aliphatic rings. The van der Waals surface area contributed by atoms with E-state index in [1.54, 1.807) is 6.07 Å². The summed E-state index contributed by atoms with van der Waals surface area (Å²) in [5.74, 6) is -3.03. The zero-order valence-corrected chi connectivity index (χ0v) is 17.7. The van der Waals surface area contributed by atoms with E-state index in [4.69, 9.17) is 11.5 Å². The van der Waals surface area contributed by atoms with Gasteiger partial charge in [-0.3, -0.25) is 9.36 Å². The van der Waals surface area contributed by atoms with E-state index in [0.29, 0.717) is 6.07 Å². The van der Waals surface area contributed by atoms with Gasteiger partial charge in [-0.1, -0.05) is 0 Å². The van der Waals surface area contributed by atoms with Crippen LogP contribution in [0.15, 0.2) is 35.1 Å². The normalized spacial score (nSPS) is 10.7. The summed E-state index contributed by atoms with van der Waals surface area (Å²) in [5, 5.41) is 21.3. The van der Waals surface area contributed by atoms with Gasteiger partial charge in [-0.25, -0.2) is 18.2 Å². The molecular formula is C22H14F3N9O. The number of nitrogen functional groups attached to an aromatic ring is 2. The molecule has 35 heavy (non-hydrogen) atoms. The topological polar surface area (TPSA) is 172 Å². The van der Waals surface area contributed by atoms with Gasteiger partial charge in [0.15, 0.2) is 5.82 Å². The van der Waals surface area contributed by atoms with Crippen LogP contribution in [-0.4, -0.2) is 26.1 Å². The van der Waals surface area contributed by atoms with Crippen molar-refractivity contribution in [3.63, 3.8) is 0 Å². The minimum atomic E-state index is -0.946. The Balaban J connectivity index is 1.85. The standard InChI is InChI=1S/C22H14F3N9O/c23-11-3-10(8-26)18-15(7-11)21(35)34(14-5-12(24)4-13(25)6-14)17(31-18)1-2-30-20-16(9-27)19(28)32-22(29)33-20/h3-7H,1-2H2,(H5,28,29,30,32,33). The minimum absolute atomic E-state index is 0.00313. The van der Waals surface area contributed by atoms with E-state index in [1.165, 1.54) is 0 Å². The van der Waals surface area contributed by atoms with E-state index in [-0.39, 0.29) is 64.1 Å². The lowest BCUT2D eigenvalue weighted by molar-refractivity contribution is 0.580. The molecule has 4 rings (SSSR count). The van der Waals surface area contributed by atoms with Gasteiger partial charge >= 0.3 is 0 Å². The number of nitrogens with two attached hydrogens (primary N) is 2. The van der Waals surface area contributed by atoms with Gasteiger partial charge in [-0.15, -0.1) is 0 Å². The molecule has 0 radical (unpaired) electrons. The van der Waals surface area contributed by atoms with Crippen LogP contribution in [0.3, 0.4) is 0 Å². The molecule has 0 saturated heterocycles. The van der Waals surface area contributed by atoms with Gasteiger partial charge in [0, 0.05) is 19.0 Å². The zero-order chi connectivity index (χ0) is 25.3. The first kappa shape index (κ1) is 23.0. The maximum absolute atomic E-state index is 14.0. The first-order chi connectivity index (χ1) is 16.7. The van der Waals surface area contributed by atoms with Crippen molar-refractivity contribution in [3.05, 3.63) is 75.1 Å². The van der Waals surface area contributed by atoms with Crippen molar-refractivity contribution in [2.24, 2.45) is 0 Å². The number of fused-ring (bicyclic) bond motifs is 1. The third kappa shape index (κ3) is 4.38. The Morgan fingerprint density at radius 2 is 1.63 bits per heavy atom. The molecule has 0 aliphatic carbocycles. The smallest absolute Gasteiger partial charge is 0.266 e. The number of nitrogens with one attached hydrogen (secondary N) is 1. The van der Waals surface area contributed by atoms with Crippen LogP contribution in [0.25, 0.3) is 16.6 Å². The highest BCUT2D eigenvalue weighted by Gasteiger charge is 2.18. The molecule has 0 unspecified atom stereocenters. The van der Waals surface area contributed by atoms with Gasteiger partial charge in [-0.05, 0) is 24.3 Å². The number of rotatable bonds is 5. The molecule has 0 fully saturated rings. The van der Waals surface area contributed by atoms with Crippen LogP contribution in [0.1, 0.15) is 17.0 Å². The highest BCUT2D eigenvalue weighted by Crippen LogP contribution is 2.21. The van der Waals surface area contributed by atoms with Crippen molar-refractivity contribution < 1.29 is 13.2 Å². The highest BCUT2D eigenvalue weighted by molar-refractivity contribution is 5.84. The molecule has 0 spiro atoms. The minimum Gasteiger partial charge on any atom is -0.382 e. The van der Waals surface area contributed by atoms with Crippen molar-refractivity contribution in [2.75, 3.05) is 23.3 Å². The predicted molar refractivity (Wildman–Crippen MR) is 120 cm³/mol. The molecule has 4 aromatic rings. The van der Waals surface area contributed by atoms with Crippen molar-refractivity contribution in [2.45, 2.75) is 6.42 Å². The summed E-state index contributed by atoms with van der Waals surface area (Å²) in [7, 11) is 0. The average molecular weight is 477 g/mol. The number of aromatic nitrogens is 4. The maximum Gasteiger partial charge on any atom is 0.266 e. The lowest BCUT2D eigenvalue weighted by Crippen LogP contribution is -2.26. The highest BCUT2D eigenvalue weighted by atomic mass is 19.1. The SMILES string of the molecule is N#Cc1c(N)nc(N)nc1NCCc1nc2c(C#N)cc(F)cc2c(=O)n1-c1cc(F)cc(F)c1. The molecule has 0 atom stereocenters. The molecule has 2 aromatic carbocycles. The van der Waals surface area contributed by atoms with Crippen LogP contribution >= 0.6 is 0 Å². The van der Waals surface area contributed by atoms with E-state index in [1.807, 2.05) is 6.07 Å². The van der Waals surface area contributed by atoms with Crippen molar-refractivity contribution in [1.29, 1.82) is 10.5 Å². The Kier molecular flexibility index (Phi) is 5.91. The molecule has 0 bridgehead atoms. The molecule has 2 aromatic heterocycles. The van der Waals surface area contributed by atoms with Gasteiger partial charge in [0.05, 0.1) is 22.2 Å². The van der Waals surface area contributed by atoms with E-state index in [9.17, 15) is 28.5 Å². The predicted octanol–water partition coefficient (Wildman–Crippen LogP) is 2.16. The number of benzene rings is 2. The number of halogens is 3. The molecule has 13 heteroatoms. The fourth-order valence-corrected chi connectivity index (χ4v) is 3.51. The number of hydrogen-bond acceptors (Lipinski definition) is 9. The second-order valence-electron chi connectivity index (χ2n) is 7.24. The fraction of sp³-hybridized carbons (Fsp3) is 0.0909. The van der Waals surface area contributed by atoms with Crippen LogP contribution < -0.4 is 22.3 Å². The Labute approximate surface area is 194 Å². The number of anilines is 3. The van der Waals surface area contributed by atoms with E-state index < -0.39 is 23.0 Å². The van der Waals surface area contributed by atoms with Gasteiger partial charge in [0.1, 0.15) is 46.8 Å². The van der Waals surface area contributed by atoms with E-state index in [2.05, 4.69) is 20.3 Å². The summed E-state index contributed by atoms with van der Waals surface area (Å²) >= 11 is 0. The monoisotopic (exact) mass is 477 g/mol. The molecule has 2 heterocycles. The first-order valence-corrected chi connectivity index (χ1v) is 9.90. The molecular weight excluding hydrogens is 463 g/mol. The van der Waals surface area contributed by atoms with Crippen LogP contribution in [0, 0.1) is 40.1 Å². The van der Waals surface area contributed by atoms with Gasteiger partial charge < -0.3 is 16.8 Å². The number of hydrogen-bond donors (Lipinski definition) is 3. The largest absolute Gasteiger partial charge is 0.382 e. The maximum atomic E-state index is 14.0. The second-order valence-corrected chi connectivity index (χ2v) is 7.24. The second kappa shape index (κ2) is 8.99. The van der Waals surface area contributed by atoms with Crippen LogP contribution in [0.2, 0.25) is 0 Å². The summed E-state index contributed by atoms with van der Waals surface area (Å²) in [6.07, 6.45) is -0.0553. The van der Waals surface area contributed by atoms with E-state index in [0.717, 1.165) is 28.8 Å². The number of nitrogens with zero attached hydrogens (tertiary/aromatic N) is 6. The van der Waals surface area contributed by atoms with Crippen LogP contribution in [0.4, 0.5) is 30.8 Å². The van der Waals surface area contributed by atoms with Crippen molar-refractivity contribution in [1.82, 2.24) is 19.5 Å². The third-order valence-corrected chi connectivity index (χ3v) is 4.94. The van der Waals surface area contributed by atoms with Crippen LogP contribution in [-0.2, 0) is 6.42 Å². The van der Waals surface area contributed by atoms with E-state index >= 15 is 0 Å². The molecule has 0 aliphatic heterocycles. The number of nitriles is 2. The fourth-order valence-electron chi connectivity index (χ4n) is 3.51. The van der Waals surface area contributed by atoms with Gasteiger partial charge in [0.2, 0.25) is 5.95 Å². The quantitative estimate of drug-likeness (QED) is 0.389. The zero-order valence-electron chi connectivity index (χ0n) is 17.7. The first-order valence-electron chi connectivity index (χ1n) is 9.90. The average Bonchev–Trinajstić information content (AvgIpc) is 2.78. The Bertz CT molecular complexity index is 1620.